The number of ether oxygens (including phenoxy) is 1. The fraction of sp³-hybridized carbons (Fsp3) is 0.214. The summed E-state index contributed by atoms with van der Waals surface area (Å²) in [6.45, 7) is 2.38. The zero-order valence-electron chi connectivity index (χ0n) is 10.4. The Labute approximate surface area is 114 Å². The average Bonchev–Trinajstić information content (AvgIpc) is 2.83. The second-order valence-corrected chi connectivity index (χ2v) is 5.24. The van der Waals surface area contributed by atoms with E-state index in [-0.39, 0.29) is 11.3 Å². The van der Waals surface area contributed by atoms with E-state index in [1.165, 1.54) is 17.0 Å². The van der Waals surface area contributed by atoms with Gasteiger partial charge in [0.15, 0.2) is 0 Å². The van der Waals surface area contributed by atoms with Gasteiger partial charge in [0, 0.05) is 15.8 Å². The lowest BCUT2D eigenvalue weighted by atomic mass is 10.2. The fourth-order valence-electron chi connectivity index (χ4n) is 1.61. The highest BCUT2D eigenvalue weighted by atomic mass is 32.1. The first kappa shape index (κ1) is 13.5. The number of aromatic carboxylic acids is 1. The van der Waals surface area contributed by atoms with Crippen molar-refractivity contribution in [2.24, 2.45) is 0 Å². The number of carboxylic acid groups (broad SMARTS) is 1. The fourth-order valence-corrected chi connectivity index (χ4v) is 2.49. The monoisotopic (exact) mass is 280 g/mol. The average molecular weight is 280 g/mol. The van der Waals surface area contributed by atoms with Crippen LogP contribution >= 0.6 is 11.3 Å². The van der Waals surface area contributed by atoms with Crippen molar-refractivity contribution < 1.29 is 19.0 Å². The van der Waals surface area contributed by atoms with Crippen LogP contribution in [0.1, 0.15) is 27.0 Å². The summed E-state index contributed by atoms with van der Waals surface area (Å²) in [5.41, 5.74) is -0.115. The molecular weight excluding hydrogens is 267 g/mol. The molecule has 2 aromatic rings. The van der Waals surface area contributed by atoms with Gasteiger partial charge in [-0.3, -0.25) is 0 Å². The van der Waals surface area contributed by atoms with E-state index in [2.05, 4.69) is 6.92 Å². The predicted octanol–water partition coefficient (Wildman–Crippen LogP) is 3.73. The first-order valence-electron chi connectivity index (χ1n) is 5.82. The molecular formula is C14H13FO3S. The van der Waals surface area contributed by atoms with Crippen LogP contribution in [0.5, 0.6) is 5.75 Å². The summed E-state index contributed by atoms with van der Waals surface area (Å²) in [6, 6.07) is 7.45. The van der Waals surface area contributed by atoms with Crippen LogP contribution in [0.25, 0.3) is 0 Å². The molecule has 1 aromatic heterocycles. The van der Waals surface area contributed by atoms with Gasteiger partial charge in [0.25, 0.3) is 0 Å². The molecule has 0 spiro atoms. The van der Waals surface area contributed by atoms with Crippen LogP contribution in [0.15, 0.2) is 30.3 Å². The zero-order valence-corrected chi connectivity index (χ0v) is 11.2. The Bertz CT molecular complexity index is 592. The van der Waals surface area contributed by atoms with Crippen LogP contribution in [0.4, 0.5) is 4.39 Å². The third kappa shape index (κ3) is 3.54. The third-order valence-electron chi connectivity index (χ3n) is 2.57. The molecule has 0 aliphatic rings. The van der Waals surface area contributed by atoms with Crippen LogP contribution < -0.4 is 4.74 Å². The van der Waals surface area contributed by atoms with E-state index in [0.717, 1.165) is 17.4 Å². The quantitative estimate of drug-likeness (QED) is 0.907. The second kappa shape index (κ2) is 5.84. The van der Waals surface area contributed by atoms with Crippen molar-refractivity contribution in [1.82, 2.24) is 0 Å². The number of hydrogen-bond donors (Lipinski definition) is 1. The lowest BCUT2D eigenvalue weighted by Crippen LogP contribution is -2.00. The number of hydrogen-bond acceptors (Lipinski definition) is 3. The van der Waals surface area contributed by atoms with Gasteiger partial charge in [-0.25, -0.2) is 9.18 Å². The zero-order chi connectivity index (χ0) is 13.8. The van der Waals surface area contributed by atoms with E-state index in [0.29, 0.717) is 6.61 Å². The maximum atomic E-state index is 13.2. The molecule has 0 bridgehead atoms. The van der Waals surface area contributed by atoms with Crippen molar-refractivity contribution in [2.75, 3.05) is 0 Å². The molecule has 0 radical (unpaired) electrons. The van der Waals surface area contributed by atoms with Crippen molar-refractivity contribution in [3.63, 3.8) is 0 Å². The summed E-state index contributed by atoms with van der Waals surface area (Å²) >= 11 is 1.63. The number of rotatable bonds is 5. The minimum absolute atomic E-state index is 0.115. The van der Waals surface area contributed by atoms with Gasteiger partial charge >= 0.3 is 5.97 Å². The molecule has 0 amide bonds. The van der Waals surface area contributed by atoms with Gasteiger partial charge < -0.3 is 9.84 Å². The summed E-state index contributed by atoms with van der Waals surface area (Å²) in [5, 5.41) is 8.83. The molecule has 0 aliphatic heterocycles. The lowest BCUT2D eigenvalue weighted by molar-refractivity contribution is 0.0695. The van der Waals surface area contributed by atoms with Crippen LogP contribution in [-0.4, -0.2) is 11.1 Å². The van der Waals surface area contributed by atoms with Crippen LogP contribution in [0, 0.1) is 5.82 Å². The smallest absolute Gasteiger partial charge is 0.335 e. The van der Waals surface area contributed by atoms with Crippen molar-refractivity contribution in [2.45, 2.75) is 20.0 Å². The number of benzene rings is 1. The number of aryl methyl sites for hydroxylation is 1. The normalized spacial score (nSPS) is 10.4. The third-order valence-corrected chi connectivity index (χ3v) is 3.77. The minimum atomic E-state index is -1.17. The van der Waals surface area contributed by atoms with Gasteiger partial charge in [-0.15, -0.1) is 11.3 Å². The molecule has 0 unspecified atom stereocenters. The molecule has 0 saturated carbocycles. The molecule has 0 fully saturated rings. The van der Waals surface area contributed by atoms with E-state index >= 15 is 0 Å². The molecule has 1 N–H and O–H groups in total. The molecule has 0 saturated heterocycles. The van der Waals surface area contributed by atoms with Gasteiger partial charge in [-0.2, -0.15) is 0 Å². The number of carboxylic acids is 1. The summed E-state index contributed by atoms with van der Waals surface area (Å²) in [7, 11) is 0. The number of carbonyl (C=O) groups is 1. The number of halogens is 1. The molecule has 100 valence electrons. The molecule has 3 nitrogen and oxygen atoms in total. The number of thiophene rings is 1. The van der Waals surface area contributed by atoms with Crippen LogP contribution in [0.2, 0.25) is 0 Å². The molecule has 0 atom stereocenters. The standard InChI is InChI=1S/C14H13FO3S/c1-2-12-3-4-13(19-12)8-18-11-6-9(14(16)17)5-10(15)7-11/h3-7H,2,8H2,1H3,(H,16,17). The molecule has 0 aliphatic carbocycles. The highest BCUT2D eigenvalue weighted by Crippen LogP contribution is 2.21. The molecule has 1 aromatic carbocycles. The van der Waals surface area contributed by atoms with E-state index in [9.17, 15) is 9.18 Å². The highest BCUT2D eigenvalue weighted by molar-refractivity contribution is 7.11. The largest absolute Gasteiger partial charge is 0.488 e. The Hall–Kier alpha value is -1.88. The van der Waals surface area contributed by atoms with Crippen molar-refractivity contribution in [3.05, 3.63) is 51.5 Å². The van der Waals surface area contributed by atoms with Gasteiger partial charge in [-0.1, -0.05) is 6.92 Å². The van der Waals surface area contributed by atoms with E-state index in [1.807, 2.05) is 12.1 Å². The summed E-state index contributed by atoms with van der Waals surface area (Å²) < 4.78 is 18.7. The minimum Gasteiger partial charge on any atom is -0.488 e. The second-order valence-electron chi connectivity index (χ2n) is 3.99. The van der Waals surface area contributed by atoms with Gasteiger partial charge in [0.05, 0.1) is 5.56 Å². The van der Waals surface area contributed by atoms with Gasteiger partial charge in [-0.05, 0) is 30.7 Å². The predicted molar refractivity (Wildman–Crippen MR) is 71.4 cm³/mol. The van der Waals surface area contributed by atoms with Crippen LogP contribution in [-0.2, 0) is 13.0 Å². The summed E-state index contributed by atoms with van der Waals surface area (Å²) in [4.78, 5) is 13.1. The summed E-state index contributed by atoms with van der Waals surface area (Å²) in [5.74, 6) is -1.56. The van der Waals surface area contributed by atoms with Gasteiger partial charge in [0.2, 0.25) is 0 Å². The topological polar surface area (TPSA) is 46.5 Å². The van der Waals surface area contributed by atoms with Crippen LogP contribution in [0.3, 0.4) is 0 Å². The Morgan fingerprint density at radius 3 is 2.68 bits per heavy atom. The maximum absolute atomic E-state index is 13.2. The first-order chi connectivity index (χ1) is 9.08. The van der Waals surface area contributed by atoms with Crippen molar-refractivity contribution in [3.8, 4) is 5.75 Å². The first-order valence-corrected chi connectivity index (χ1v) is 6.64. The maximum Gasteiger partial charge on any atom is 0.335 e. The van der Waals surface area contributed by atoms with E-state index in [1.54, 1.807) is 11.3 Å². The van der Waals surface area contributed by atoms with Crippen molar-refractivity contribution >= 4 is 17.3 Å². The van der Waals surface area contributed by atoms with Gasteiger partial charge in [0.1, 0.15) is 18.2 Å². The Morgan fingerprint density at radius 1 is 1.32 bits per heavy atom. The van der Waals surface area contributed by atoms with E-state index < -0.39 is 11.8 Å². The van der Waals surface area contributed by atoms with E-state index in [4.69, 9.17) is 9.84 Å². The Balaban J connectivity index is 2.08. The Morgan fingerprint density at radius 2 is 2.05 bits per heavy atom. The highest BCUT2D eigenvalue weighted by Gasteiger charge is 2.08. The molecule has 5 heteroatoms. The summed E-state index contributed by atoms with van der Waals surface area (Å²) in [6.07, 6.45) is 0.966. The van der Waals surface area contributed by atoms with Crippen molar-refractivity contribution in [1.29, 1.82) is 0 Å². The Kier molecular flexibility index (Phi) is 4.16. The molecule has 2 rings (SSSR count). The molecule has 1 heterocycles. The SMILES string of the molecule is CCc1ccc(COc2cc(F)cc(C(=O)O)c2)s1. The lowest BCUT2D eigenvalue weighted by Gasteiger charge is -2.06. The molecule has 19 heavy (non-hydrogen) atoms.